The van der Waals surface area contributed by atoms with Gasteiger partial charge in [-0.15, -0.1) is 0 Å². The summed E-state index contributed by atoms with van der Waals surface area (Å²) >= 11 is 0. The summed E-state index contributed by atoms with van der Waals surface area (Å²) in [7, 11) is 0. The molecular formula is C21H24N2. The Morgan fingerprint density at radius 3 is 2.65 bits per heavy atom. The molecule has 0 N–H and O–H groups in total. The van der Waals surface area contributed by atoms with Gasteiger partial charge in [0, 0.05) is 11.6 Å². The van der Waals surface area contributed by atoms with Crippen molar-refractivity contribution in [1.82, 2.24) is 4.90 Å². The highest BCUT2D eigenvalue weighted by Crippen LogP contribution is 2.28. The standard InChI is InChI=1S/C21H24N2/c1-21(2,3)23-12-4-5-20(23)11-8-16-6-9-18-10-7-17(15-22)14-19(18)13-16/h6-11,13-14,20H,4-5,12H2,1-3H3/t20-/m0/s1. The monoisotopic (exact) mass is 304 g/mol. The van der Waals surface area contributed by atoms with Gasteiger partial charge in [0.1, 0.15) is 0 Å². The van der Waals surface area contributed by atoms with Gasteiger partial charge in [-0.2, -0.15) is 5.26 Å². The third-order valence-electron chi connectivity index (χ3n) is 4.67. The first kappa shape index (κ1) is 15.8. The van der Waals surface area contributed by atoms with Crippen molar-refractivity contribution >= 4 is 16.8 Å². The zero-order valence-electron chi connectivity index (χ0n) is 14.2. The second kappa shape index (κ2) is 6.18. The molecule has 0 saturated carbocycles. The van der Waals surface area contributed by atoms with E-state index in [1.807, 2.05) is 18.2 Å². The summed E-state index contributed by atoms with van der Waals surface area (Å²) in [4.78, 5) is 2.58. The van der Waals surface area contributed by atoms with Gasteiger partial charge in [0.25, 0.3) is 0 Å². The van der Waals surface area contributed by atoms with Crippen LogP contribution in [0.4, 0.5) is 0 Å². The van der Waals surface area contributed by atoms with E-state index in [0.29, 0.717) is 11.6 Å². The molecule has 1 saturated heterocycles. The smallest absolute Gasteiger partial charge is 0.0991 e. The Balaban J connectivity index is 1.85. The molecule has 2 aromatic rings. The van der Waals surface area contributed by atoms with Gasteiger partial charge in [-0.05, 0) is 74.7 Å². The summed E-state index contributed by atoms with van der Waals surface area (Å²) in [6.07, 6.45) is 7.08. The number of nitriles is 1. The van der Waals surface area contributed by atoms with E-state index in [2.05, 4.69) is 62.1 Å². The first-order valence-electron chi connectivity index (χ1n) is 8.36. The Hall–Kier alpha value is -2.11. The lowest BCUT2D eigenvalue weighted by atomic mass is 10.0. The third kappa shape index (κ3) is 3.46. The lowest BCUT2D eigenvalue weighted by molar-refractivity contribution is 0.144. The van der Waals surface area contributed by atoms with E-state index >= 15 is 0 Å². The predicted molar refractivity (Wildman–Crippen MR) is 97.2 cm³/mol. The van der Waals surface area contributed by atoms with Gasteiger partial charge in [-0.25, -0.2) is 0 Å². The van der Waals surface area contributed by atoms with E-state index in [9.17, 15) is 0 Å². The number of hydrogen-bond donors (Lipinski definition) is 0. The van der Waals surface area contributed by atoms with Crippen molar-refractivity contribution in [3.8, 4) is 6.07 Å². The minimum Gasteiger partial charge on any atom is -0.292 e. The molecule has 0 aliphatic carbocycles. The van der Waals surface area contributed by atoms with Crippen LogP contribution in [0.3, 0.4) is 0 Å². The van der Waals surface area contributed by atoms with Crippen LogP contribution in [0, 0.1) is 11.3 Å². The highest BCUT2D eigenvalue weighted by Gasteiger charge is 2.30. The Labute approximate surface area is 139 Å². The van der Waals surface area contributed by atoms with E-state index in [4.69, 9.17) is 5.26 Å². The fourth-order valence-electron chi connectivity index (χ4n) is 3.49. The first-order valence-corrected chi connectivity index (χ1v) is 8.36. The van der Waals surface area contributed by atoms with Gasteiger partial charge >= 0.3 is 0 Å². The van der Waals surface area contributed by atoms with Gasteiger partial charge in [0.15, 0.2) is 0 Å². The molecule has 0 spiro atoms. The zero-order chi connectivity index (χ0) is 16.4. The van der Waals surface area contributed by atoms with E-state index in [0.717, 1.165) is 5.39 Å². The molecule has 23 heavy (non-hydrogen) atoms. The second-order valence-electron chi connectivity index (χ2n) is 7.37. The van der Waals surface area contributed by atoms with Crippen LogP contribution >= 0.6 is 0 Å². The van der Waals surface area contributed by atoms with E-state index < -0.39 is 0 Å². The lowest BCUT2D eigenvalue weighted by Crippen LogP contribution is -2.43. The molecule has 2 nitrogen and oxygen atoms in total. The average Bonchev–Trinajstić information content (AvgIpc) is 3.01. The Morgan fingerprint density at radius 2 is 1.91 bits per heavy atom. The molecule has 1 fully saturated rings. The van der Waals surface area contributed by atoms with Crippen molar-refractivity contribution in [2.75, 3.05) is 6.54 Å². The number of likely N-dealkylation sites (tertiary alicyclic amines) is 1. The third-order valence-corrected chi connectivity index (χ3v) is 4.67. The van der Waals surface area contributed by atoms with Crippen molar-refractivity contribution in [2.24, 2.45) is 0 Å². The molecule has 1 heterocycles. The highest BCUT2D eigenvalue weighted by atomic mass is 15.2. The van der Waals surface area contributed by atoms with E-state index in [1.165, 1.54) is 30.3 Å². The quantitative estimate of drug-likeness (QED) is 0.781. The first-order chi connectivity index (χ1) is 11.0. The minimum absolute atomic E-state index is 0.219. The second-order valence-corrected chi connectivity index (χ2v) is 7.37. The molecule has 0 aromatic heterocycles. The van der Waals surface area contributed by atoms with Crippen molar-refractivity contribution in [3.05, 3.63) is 53.6 Å². The number of benzene rings is 2. The van der Waals surface area contributed by atoms with E-state index in [-0.39, 0.29) is 5.54 Å². The van der Waals surface area contributed by atoms with Crippen LogP contribution in [0.25, 0.3) is 16.8 Å². The van der Waals surface area contributed by atoms with Crippen LogP contribution in [0.15, 0.2) is 42.5 Å². The number of hydrogen-bond acceptors (Lipinski definition) is 2. The molecular weight excluding hydrogens is 280 g/mol. The molecule has 0 unspecified atom stereocenters. The van der Waals surface area contributed by atoms with Crippen LogP contribution in [0.1, 0.15) is 44.7 Å². The van der Waals surface area contributed by atoms with Crippen LogP contribution in [0.5, 0.6) is 0 Å². The van der Waals surface area contributed by atoms with Gasteiger partial charge in [0.05, 0.1) is 11.6 Å². The largest absolute Gasteiger partial charge is 0.292 e. The Kier molecular flexibility index (Phi) is 4.24. The van der Waals surface area contributed by atoms with Crippen LogP contribution in [-0.4, -0.2) is 23.0 Å². The molecule has 0 radical (unpaired) electrons. The number of fused-ring (bicyclic) bond motifs is 1. The topological polar surface area (TPSA) is 27.0 Å². The molecule has 118 valence electrons. The molecule has 0 bridgehead atoms. The van der Waals surface area contributed by atoms with Crippen LogP contribution in [0.2, 0.25) is 0 Å². The Morgan fingerprint density at radius 1 is 1.13 bits per heavy atom. The SMILES string of the molecule is CC(C)(C)N1CCC[C@H]1C=Cc1ccc2ccc(C#N)cc2c1. The molecule has 3 rings (SSSR count). The van der Waals surface area contributed by atoms with Crippen molar-refractivity contribution in [2.45, 2.75) is 45.2 Å². The normalized spacial score (nSPS) is 19.5. The molecule has 1 aliphatic rings. The van der Waals surface area contributed by atoms with Gasteiger partial charge in [0.2, 0.25) is 0 Å². The number of rotatable bonds is 2. The minimum atomic E-state index is 0.219. The maximum absolute atomic E-state index is 9.05. The summed E-state index contributed by atoms with van der Waals surface area (Å²) in [5.74, 6) is 0. The van der Waals surface area contributed by atoms with Crippen molar-refractivity contribution < 1.29 is 0 Å². The Bertz CT molecular complexity index is 775. The molecule has 1 atom stereocenters. The number of nitrogens with zero attached hydrogens (tertiary/aromatic N) is 2. The average molecular weight is 304 g/mol. The van der Waals surface area contributed by atoms with Gasteiger partial charge in [-0.1, -0.05) is 30.4 Å². The maximum Gasteiger partial charge on any atom is 0.0991 e. The predicted octanol–water partition coefficient (Wildman–Crippen LogP) is 4.99. The zero-order valence-corrected chi connectivity index (χ0v) is 14.2. The molecule has 0 amide bonds. The van der Waals surface area contributed by atoms with Crippen molar-refractivity contribution in [3.63, 3.8) is 0 Å². The van der Waals surface area contributed by atoms with Gasteiger partial charge in [-0.3, -0.25) is 4.90 Å². The summed E-state index contributed by atoms with van der Waals surface area (Å²) in [5, 5.41) is 11.4. The molecule has 2 heteroatoms. The summed E-state index contributed by atoms with van der Waals surface area (Å²) in [5.41, 5.74) is 2.14. The molecule has 1 aliphatic heterocycles. The maximum atomic E-state index is 9.05. The lowest BCUT2D eigenvalue weighted by Gasteiger charge is -2.35. The summed E-state index contributed by atoms with van der Waals surface area (Å²) in [6.45, 7) is 8.05. The summed E-state index contributed by atoms with van der Waals surface area (Å²) < 4.78 is 0. The fraction of sp³-hybridized carbons (Fsp3) is 0.381. The summed E-state index contributed by atoms with van der Waals surface area (Å²) in [6, 6.07) is 15.0. The highest BCUT2D eigenvalue weighted by molar-refractivity contribution is 5.85. The molecule has 2 aromatic carbocycles. The van der Waals surface area contributed by atoms with Gasteiger partial charge < -0.3 is 0 Å². The van der Waals surface area contributed by atoms with Crippen LogP contribution < -0.4 is 0 Å². The fourth-order valence-corrected chi connectivity index (χ4v) is 3.49. The van der Waals surface area contributed by atoms with Crippen molar-refractivity contribution in [1.29, 1.82) is 5.26 Å². The van der Waals surface area contributed by atoms with E-state index in [1.54, 1.807) is 0 Å². The van der Waals surface area contributed by atoms with Crippen LogP contribution in [-0.2, 0) is 0 Å².